The molecule has 0 spiro atoms. The van der Waals surface area contributed by atoms with Gasteiger partial charge in [0.05, 0.1) is 18.1 Å². The van der Waals surface area contributed by atoms with Crippen molar-refractivity contribution >= 4 is 5.69 Å². The zero-order chi connectivity index (χ0) is 10.1. The van der Waals surface area contributed by atoms with Crippen molar-refractivity contribution < 1.29 is 23.0 Å². The highest BCUT2D eigenvalue weighted by atomic mass is 19.4. The minimum Gasteiger partial charge on any atom is -0.503 e. The van der Waals surface area contributed by atoms with Gasteiger partial charge in [0.25, 0.3) is 0 Å². The predicted molar refractivity (Wildman–Crippen MR) is 37.0 cm³/mol. The van der Waals surface area contributed by atoms with Crippen molar-refractivity contribution in [1.82, 2.24) is 4.98 Å². The minimum absolute atomic E-state index is 0.377. The molecule has 0 radical (unpaired) electrons. The maximum atomic E-state index is 11.7. The maximum Gasteiger partial charge on any atom is 0.573 e. The van der Waals surface area contributed by atoms with Gasteiger partial charge in [0.15, 0.2) is 11.5 Å². The number of nitrogen functional groups attached to an aromatic ring is 1. The number of nitrogens with zero attached hydrogens (tertiary/aromatic N) is 1. The number of hydrogen-bond acceptors (Lipinski definition) is 4. The first kappa shape index (κ1) is 9.43. The molecule has 3 N–H and O–H groups in total. The highest BCUT2D eigenvalue weighted by Crippen LogP contribution is 2.35. The summed E-state index contributed by atoms with van der Waals surface area (Å²) in [6.45, 7) is 0. The van der Waals surface area contributed by atoms with Crippen molar-refractivity contribution in [3.05, 3.63) is 12.4 Å². The Morgan fingerprint density at radius 1 is 1.38 bits per heavy atom. The molecule has 1 heterocycles. The van der Waals surface area contributed by atoms with Gasteiger partial charge in [-0.15, -0.1) is 13.2 Å². The molecule has 4 nitrogen and oxygen atoms in total. The summed E-state index contributed by atoms with van der Waals surface area (Å²) in [5.41, 5.74) is 4.70. The van der Waals surface area contributed by atoms with Crippen molar-refractivity contribution in [2.75, 3.05) is 5.73 Å². The molecule has 13 heavy (non-hydrogen) atoms. The van der Waals surface area contributed by atoms with E-state index in [1.165, 1.54) is 0 Å². The molecule has 0 atom stereocenters. The molecule has 0 fully saturated rings. The molecule has 0 saturated carbocycles. The van der Waals surface area contributed by atoms with Crippen molar-refractivity contribution in [2.24, 2.45) is 0 Å². The Morgan fingerprint density at radius 2 is 2.00 bits per heavy atom. The van der Waals surface area contributed by atoms with E-state index >= 15 is 0 Å². The topological polar surface area (TPSA) is 68.4 Å². The molecule has 1 rings (SSSR count). The highest BCUT2D eigenvalue weighted by molar-refractivity contribution is 5.57. The Hall–Kier alpha value is -1.66. The van der Waals surface area contributed by atoms with E-state index in [0.717, 1.165) is 12.4 Å². The third-order valence-electron chi connectivity index (χ3n) is 1.12. The first-order chi connectivity index (χ1) is 5.90. The van der Waals surface area contributed by atoms with Gasteiger partial charge < -0.3 is 15.6 Å². The van der Waals surface area contributed by atoms with E-state index in [9.17, 15) is 13.2 Å². The summed E-state index contributed by atoms with van der Waals surface area (Å²) >= 11 is 0. The highest BCUT2D eigenvalue weighted by Gasteiger charge is 2.33. The van der Waals surface area contributed by atoms with Crippen LogP contribution in [0.2, 0.25) is 0 Å². The average Bonchev–Trinajstić information content (AvgIpc) is 1.95. The molecule has 1 aromatic heterocycles. The van der Waals surface area contributed by atoms with Crippen molar-refractivity contribution in [3.63, 3.8) is 0 Å². The van der Waals surface area contributed by atoms with Crippen LogP contribution in [0.1, 0.15) is 0 Å². The van der Waals surface area contributed by atoms with E-state index in [0.29, 0.717) is 0 Å². The standard InChI is InChI=1S/C6H5F3N2O2/c7-6(8,9)13-5-3(10)1-11-2-4(5)12/h1-2,12H,10H2. The molecular weight excluding hydrogens is 189 g/mol. The Bertz CT molecular complexity index is 293. The smallest absolute Gasteiger partial charge is 0.503 e. The number of nitrogens with two attached hydrogens (primary N) is 1. The molecule has 72 valence electrons. The first-order valence-corrected chi connectivity index (χ1v) is 3.08. The number of pyridine rings is 1. The summed E-state index contributed by atoms with van der Waals surface area (Å²) in [4.78, 5) is 3.35. The lowest BCUT2D eigenvalue weighted by Gasteiger charge is -2.11. The molecule has 0 unspecified atom stereocenters. The molecule has 0 amide bonds. The zero-order valence-electron chi connectivity index (χ0n) is 6.17. The first-order valence-electron chi connectivity index (χ1n) is 3.08. The van der Waals surface area contributed by atoms with Gasteiger partial charge in [0.2, 0.25) is 0 Å². The van der Waals surface area contributed by atoms with Crippen LogP contribution in [0.25, 0.3) is 0 Å². The molecule has 0 aliphatic rings. The second-order valence-corrected chi connectivity index (χ2v) is 2.12. The fourth-order valence-corrected chi connectivity index (χ4v) is 0.680. The average molecular weight is 194 g/mol. The molecule has 0 aliphatic carbocycles. The summed E-state index contributed by atoms with van der Waals surface area (Å²) in [5.74, 6) is -1.58. The Balaban J connectivity index is 3.00. The van der Waals surface area contributed by atoms with E-state index in [2.05, 4.69) is 9.72 Å². The number of aromatic nitrogens is 1. The van der Waals surface area contributed by atoms with Crippen molar-refractivity contribution in [1.29, 1.82) is 0 Å². The quantitative estimate of drug-likeness (QED) is 0.706. The van der Waals surface area contributed by atoms with Gasteiger partial charge in [0.1, 0.15) is 0 Å². The van der Waals surface area contributed by atoms with Gasteiger partial charge in [-0.1, -0.05) is 0 Å². The van der Waals surface area contributed by atoms with Crippen LogP contribution >= 0.6 is 0 Å². The van der Waals surface area contributed by atoms with Gasteiger partial charge in [-0.05, 0) is 0 Å². The summed E-state index contributed by atoms with van der Waals surface area (Å²) < 4.78 is 38.5. The van der Waals surface area contributed by atoms with Crippen LogP contribution < -0.4 is 10.5 Å². The van der Waals surface area contributed by atoms with E-state index in [1.54, 1.807) is 0 Å². The third-order valence-corrected chi connectivity index (χ3v) is 1.12. The van der Waals surface area contributed by atoms with E-state index in [1.807, 2.05) is 0 Å². The molecular formula is C6H5F3N2O2. The molecule has 0 aromatic carbocycles. The molecule has 0 aliphatic heterocycles. The second-order valence-electron chi connectivity index (χ2n) is 2.12. The number of hydrogen-bond donors (Lipinski definition) is 2. The SMILES string of the molecule is Nc1cncc(O)c1OC(F)(F)F. The summed E-state index contributed by atoms with van der Waals surface area (Å²) in [5, 5.41) is 8.89. The number of alkyl halides is 3. The summed E-state index contributed by atoms with van der Waals surface area (Å²) in [6, 6.07) is 0. The molecule has 0 saturated heterocycles. The van der Waals surface area contributed by atoms with E-state index < -0.39 is 17.9 Å². The largest absolute Gasteiger partial charge is 0.573 e. The van der Waals surface area contributed by atoms with Gasteiger partial charge in [-0.25, -0.2) is 0 Å². The predicted octanol–water partition coefficient (Wildman–Crippen LogP) is 1.27. The van der Waals surface area contributed by atoms with Crippen LogP contribution in [0.3, 0.4) is 0 Å². The van der Waals surface area contributed by atoms with Crippen LogP contribution in [-0.4, -0.2) is 16.5 Å². The van der Waals surface area contributed by atoms with E-state index in [-0.39, 0.29) is 5.69 Å². The molecule has 7 heteroatoms. The summed E-state index contributed by atoms with van der Waals surface area (Å²) in [6.07, 6.45) is -3.13. The number of halogens is 3. The van der Waals surface area contributed by atoms with E-state index in [4.69, 9.17) is 10.8 Å². The van der Waals surface area contributed by atoms with Crippen LogP contribution in [0, 0.1) is 0 Å². The van der Waals surface area contributed by atoms with Gasteiger partial charge in [-0.2, -0.15) is 0 Å². The normalized spacial score (nSPS) is 11.3. The monoisotopic (exact) mass is 194 g/mol. The fraction of sp³-hybridized carbons (Fsp3) is 0.167. The van der Waals surface area contributed by atoms with Crippen LogP contribution in [0.5, 0.6) is 11.5 Å². The number of aromatic hydroxyl groups is 1. The number of ether oxygens (including phenoxy) is 1. The van der Waals surface area contributed by atoms with Crippen LogP contribution in [0.4, 0.5) is 18.9 Å². The van der Waals surface area contributed by atoms with Crippen LogP contribution in [0.15, 0.2) is 12.4 Å². The lowest BCUT2D eigenvalue weighted by molar-refractivity contribution is -0.274. The number of rotatable bonds is 1. The second kappa shape index (κ2) is 3.00. The van der Waals surface area contributed by atoms with Gasteiger partial charge >= 0.3 is 6.36 Å². The van der Waals surface area contributed by atoms with Crippen LogP contribution in [-0.2, 0) is 0 Å². The summed E-state index contributed by atoms with van der Waals surface area (Å²) in [7, 11) is 0. The van der Waals surface area contributed by atoms with Gasteiger partial charge in [0, 0.05) is 0 Å². The zero-order valence-corrected chi connectivity index (χ0v) is 6.17. The Morgan fingerprint density at radius 3 is 2.46 bits per heavy atom. The van der Waals surface area contributed by atoms with Crippen molar-refractivity contribution in [3.8, 4) is 11.5 Å². The molecule has 0 bridgehead atoms. The van der Waals surface area contributed by atoms with Gasteiger partial charge in [-0.3, -0.25) is 4.98 Å². The minimum atomic E-state index is -4.88. The third kappa shape index (κ3) is 2.39. The fourth-order valence-electron chi connectivity index (χ4n) is 0.680. The number of anilines is 1. The van der Waals surface area contributed by atoms with Crippen molar-refractivity contribution in [2.45, 2.75) is 6.36 Å². The maximum absolute atomic E-state index is 11.7. The lowest BCUT2D eigenvalue weighted by atomic mass is 10.4. The Labute approximate surface area is 70.8 Å². The Kier molecular flexibility index (Phi) is 2.18. The lowest BCUT2D eigenvalue weighted by Crippen LogP contribution is -2.18. The molecule has 1 aromatic rings.